The highest BCUT2D eigenvalue weighted by Crippen LogP contribution is 2.14. The average molecular weight is 181 g/mol. The second-order valence-electron chi connectivity index (χ2n) is 2.59. The Hall–Kier alpha value is -1.23. The van der Waals surface area contributed by atoms with Crippen LogP contribution in [0.15, 0.2) is 10.2 Å². The van der Waals surface area contributed by atoms with Crippen molar-refractivity contribution in [1.82, 2.24) is 14.6 Å². The van der Waals surface area contributed by atoms with E-state index in [0.29, 0.717) is 0 Å². The highest BCUT2D eigenvalue weighted by atomic mass is 32.1. The lowest BCUT2D eigenvalue weighted by molar-refractivity contribution is 0.851. The molecule has 0 N–H and O–H groups in total. The van der Waals surface area contributed by atoms with Gasteiger partial charge in [-0.1, -0.05) is 5.10 Å². The summed E-state index contributed by atoms with van der Waals surface area (Å²) >= 11 is 1.52. The van der Waals surface area contributed by atoms with Crippen molar-refractivity contribution in [2.45, 2.75) is 13.8 Å². The second kappa shape index (κ2) is 2.38. The number of aryl methyl sites for hydroxylation is 2. The van der Waals surface area contributed by atoms with E-state index in [-0.39, 0.29) is 5.69 Å². The summed E-state index contributed by atoms with van der Waals surface area (Å²) in [5.74, 6) is 0. The zero-order chi connectivity index (χ0) is 8.72. The monoisotopic (exact) mass is 181 g/mol. The molecule has 2 rings (SSSR count). The lowest BCUT2D eigenvalue weighted by Crippen LogP contribution is -2.19. The third kappa shape index (κ3) is 0.863. The molecule has 0 amide bonds. The van der Waals surface area contributed by atoms with Crippen LogP contribution in [-0.4, -0.2) is 14.6 Å². The van der Waals surface area contributed by atoms with Gasteiger partial charge in [0.05, 0.1) is 5.69 Å². The Labute approximate surface area is 72.5 Å². The molecule has 62 valence electrons. The summed E-state index contributed by atoms with van der Waals surface area (Å²) < 4.78 is 1.58. The van der Waals surface area contributed by atoms with Crippen LogP contribution in [0, 0.1) is 13.8 Å². The van der Waals surface area contributed by atoms with E-state index in [2.05, 4.69) is 10.2 Å². The predicted molar refractivity (Wildman–Crippen MR) is 46.6 cm³/mol. The van der Waals surface area contributed by atoms with Crippen molar-refractivity contribution in [1.29, 1.82) is 0 Å². The molecule has 0 radical (unpaired) electrons. The zero-order valence-electron chi connectivity index (χ0n) is 6.74. The van der Waals surface area contributed by atoms with Crippen LogP contribution in [0.25, 0.3) is 4.83 Å². The van der Waals surface area contributed by atoms with Crippen LogP contribution >= 0.6 is 11.3 Å². The number of rotatable bonds is 0. The molecular weight excluding hydrogens is 174 g/mol. The van der Waals surface area contributed by atoms with Gasteiger partial charge >= 0.3 is 5.69 Å². The molecule has 0 saturated carbocycles. The summed E-state index contributed by atoms with van der Waals surface area (Å²) in [5, 5.41) is 9.17. The SMILES string of the molecule is Cc1nnc(=O)n2c(C)csc12. The van der Waals surface area contributed by atoms with Crippen molar-refractivity contribution >= 4 is 16.2 Å². The van der Waals surface area contributed by atoms with Crippen LogP contribution in [0.3, 0.4) is 0 Å². The Morgan fingerprint density at radius 3 is 2.83 bits per heavy atom. The van der Waals surface area contributed by atoms with Gasteiger partial charge in [0, 0.05) is 11.1 Å². The molecule has 2 aromatic heterocycles. The molecule has 2 heterocycles. The van der Waals surface area contributed by atoms with Crippen molar-refractivity contribution in [2.24, 2.45) is 0 Å². The van der Waals surface area contributed by atoms with Gasteiger partial charge in [-0.25, -0.2) is 4.79 Å². The van der Waals surface area contributed by atoms with Gasteiger partial charge in [-0.2, -0.15) is 0 Å². The molecule has 4 nitrogen and oxygen atoms in total. The molecule has 5 heteroatoms. The minimum Gasteiger partial charge on any atom is -0.252 e. The van der Waals surface area contributed by atoms with Gasteiger partial charge in [-0.05, 0) is 13.8 Å². The molecule has 12 heavy (non-hydrogen) atoms. The minimum atomic E-state index is -0.297. The van der Waals surface area contributed by atoms with Gasteiger partial charge in [-0.3, -0.25) is 4.40 Å². The van der Waals surface area contributed by atoms with Crippen molar-refractivity contribution in [3.63, 3.8) is 0 Å². The van der Waals surface area contributed by atoms with Crippen molar-refractivity contribution in [2.75, 3.05) is 0 Å². The third-order valence-electron chi connectivity index (χ3n) is 1.68. The Morgan fingerprint density at radius 2 is 2.17 bits per heavy atom. The molecule has 0 aliphatic rings. The van der Waals surface area contributed by atoms with Crippen molar-refractivity contribution in [3.8, 4) is 0 Å². The summed E-state index contributed by atoms with van der Waals surface area (Å²) in [4.78, 5) is 12.1. The maximum absolute atomic E-state index is 11.2. The number of hydrogen-bond acceptors (Lipinski definition) is 4. The quantitative estimate of drug-likeness (QED) is 0.603. The number of hydrogen-bond donors (Lipinski definition) is 0. The lowest BCUT2D eigenvalue weighted by Gasteiger charge is -1.94. The smallest absolute Gasteiger partial charge is 0.252 e. The molecule has 0 fully saturated rings. The summed E-state index contributed by atoms with van der Waals surface area (Å²) in [7, 11) is 0. The summed E-state index contributed by atoms with van der Waals surface area (Å²) in [6, 6.07) is 0. The molecule has 0 aliphatic heterocycles. The van der Waals surface area contributed by atoms with Gasteiger partial charge in [0.2, 0.25) is 0 Å². The van der Waals surface area contributed by atoms with Crippen LogP contribution in [0.1, 0.15) is 11.4 Å². The first kappa shape index (κ1) is 7.42. The molecule has 0 unspecified atom stereocenters. The standard InChI is InChI=1S/C7H7N3OS/c1-4-3-12-6-5(2)8-9-7(11)10(4)6/h3H,1-2H3. The second-order valence-corrected chi connectivity index (χ2v) is 3.44. The molecule has 0 aromatic carbocycles. The predicted octanol–water partition coefficient (Wildman–Crippen LogP) is 0.768. The number of aromatic nitrogens is 3. The van der Waals surface area contributed by atoms with E-state index in [9.17, 15) is 4.79 Å². The van der Waals surface area contributed by atoms with E-state index in [0.717, 1.165) is 16.2 Å². The number of fused-ring (bicyclic) bond motifs is 1. The molecule has 0 aliphatic carbocycles. The minimum absolute atomic E-state index is 0.297. The topological polar surface area (TPSA) is 47.3 Å². The van der Waals surface area contributed by atoms with Gasteiger partial charge < -0.3 is 0 Å². The van der Waals surface area contributed by atoms with Crippen LogP contribution in [0.4, 0.5) is 0 Å². The van der Waals surface area contributed by atoms with E-state index in [1.54, 1.807) is 4.40 Å². The van der Waals surface area contributed by atoms with Gasteiger partial charge in [0.25, 0.3) is 0 Å². The Bertz CT molecular complexity index is 485. The number of nitrogens with zero attached hydrogens (tertiary/aromatic N) is 3. The van der Waals surface area contributed by atoms with Crippen LogP contribution in [-0.2, 0) is 0 Å². The molecule has 0 atom stereocenters. The summed E-state index contributed by atoms with van der Waals surface area (Å²) in [5.41, 5.74) is 1.42. The fourth-order valence-corrected chi connectivity index (χ4v) is 2.02. The third-order valence-corrected chi connectivity index (χ3v) is 2.84. The van der Waals surface area contributed by atoms with E-state index in [1.807, 2.05) is 19.2 Å². The van der Waals surface area contributed by atoms with E-state index in [1.165, 1.54) is 11.3 Å². The van der Waals surface area contributed by atoms with Gasteiger partial charge in [0.15, 0.2) is 0 Å². The fourth-order valence-electron chi connectivity index (χ4n) is 1.10. The van der Waals surface area contributed by atoms with Gasteiger partial charge in [-0.15, -0.1) is 16.4 Å². The van der Waals surface area contributed by atoms with E-state index < -0.39 is 0 Å². The lowest BCUT2D eigenvalue weighted by atomic mass is 10.5. The van der Waals surface area contributed by atoms with Gasteiger partial charge in [0.1, 0.15) is 4.83 Å². The van der Waals surface area contributed by atoms with Crippen LogP contribution in [0.5, 0.6) is 0 Å². The van der Waals surface area contributed by atoms with E-state index >= 15 is 0 Å². The number of thiazole rings is 1. The summed E-state index contributed by atoms with van der Waals surface area (Å²) in [6.07, 6.45) is 0. The normalized spacial score (nSPS) is 10.8. The fraction of sp³-hybridized carbons (Fsp3) is 0.286. The van der Waals surface area contributed by atoms with Crippen LogP contribution < -0.4 is 5.69 Å². The van der Waals surface area contributed by atoms with Crippen LogP contribution in [0.2, 0.25) is 0 Å². The average Bonchev–Trinajstić information content (AvgIpc) is 2.42. The largest absolute Gasteiger partial charge is 0.371 e. The first-order valence-electron chi connectivity index (χ1n) is 3.50. The molecule has 0 spiro atoms. The maximum atomic E-state index is 11.2. The molecule has 0 bridgehead atoms. The molecule has 0 saturated heterocycles. The molecular formula is C7H7N3OS. The summed E-state index contributed by atoms with van der Waals surface area (Å²) in [6.45, 7) is 3.73. The first-order valence-corrected chi connectivity index (χ1v) is 4.38. The Morgan fingerprint density at radius 1 is 1.42 bits per heavy atom. The Balaban J connectivity index is 3.09. The van der Waals surface area contributed by atoms with Crippen molar-refractivity contribution < 1.29 is 0 Å². The zero-order valence-corrected chi connectivity index (χ0v) is 7.55. The Kier molecular flexibility index (Phi) is 1.47. The maximum Gasteiger partial charge on any atom is 0.371 e. The van der Waals surface area contributed by atoms with E-state index in [4.69, 9.17) is 0 Å². The highest BCUT2D eigenvalue weighted by Gasteiger charge is 2.05. The molecule has 2 aromatic rings. The first-order chi connectivity index (χ1) is 5.70. The highest BCUT2D eigenvalue weighted by molar-refractivity contribution is 7.15. The van der Waals surface area contributed by atoms with Crippen molar-refractivity contribution in [3.05, 3.63) is 27.3 Å².